The van der Waals surface area contributed by atoms with Gasteiger partial charge < -0.3 is 21.1 Å². The Labute approximate surface area is 344 Å². The van der Waals surface area contributed by atoms with Crippen LogP contribution in [0.15, 0.2) is 67.3 Å². The van der Waals surface area contributed by atoms with E-state index >= 15 is 0 Å². The summed E-state index contributed by atoms with van der Waals surface area (Å²) in [6.07, 6.45) is 17.2. The third-order valence-electron chi connectivity index (χ3n) is 12.3. The van der Waals surface area contributed by atoms with Crippen molar-refractivity contribution >= 4 is 27.6 Å². The molecule has 1 saturated carbocycles. The molecule has 6 aromatic heterocycles. The standard InChI is InChI=1S/C42H45N17O/c1-57-45-20-35(54-57)28-9-10-29(33-12-14-39(52-49-33)60-27-16-25-7-8-26(17-27)47-25)41-32(28)22-59(56-41)37-18-30(36-21-46-58(2)55-36)31-19-44-53-42(31)40(37)34-11-13-38(51-50-34)48-24-6-4-3-5-23(43)15-24/h9-14,18-27,47H,3-8,15-17,43H2,1-2H3,(H2,44,45,46,48,49,50,51,52,53,54,55,56)/p+1/t23-,24+,25-,26+,27?/m0/s1. The molecule has 5 atom stereocenters. The van der Waals surface area contributed by atoms with Gasteiger partial charge in [0.05, 0.1) is 35.2 Å². The van der Waals surface area contributed by atoms with Crippen molar-refractivity contribution < 1.29 is 9.42 Å². The highest BCUT2D eigenvalue weighted by Crippen LogP contribution is 2.39. The van der Waals surface area contributed by atoms with E-state index in [1.54, 1.807) is 29.0 Å². The minimum atomic E-state index is 0.134. The van der Waals surface area contributed by atoms with Crippen molar-refractivity contribution in [2.24, 2.45) is 19.8 Å². The summed E-state index contributed by atoms with van der Waals surface area (Å²) in [6.45, 7) is 0. The number of aromatic nitrogens is 14. The number of fused-ring (bicyclic) bond motifs is 4. The first-order chi connectivity index (χ1) is 29.4. The summed E-state index contributed by atoms with van der Waals surface area (Å²) in [4.78, 5) is 3.11. The molecule has 2 saturated heterocycles. The largest absolute Gasteiger partial charge is 0.473 e. The maximum atomic E-state index is 6.39. The van der Waals surface area contributed by atoms with E-state index in [4.69, 9.17) is 25.8 Å². The molecule has 3 aliphatic rings. The first kappa shape index (κ1) is 36.4. The Bertz CT molecular complexity index is 2810. The zero-order chi connectivity index (χ0) is 40.3. The van der Waals surface area contributed by atoms with Crippen molar-refractivity contribution in [3.63, 3.8) is 0 Å². The van der Waals surface area contributed by atoms with Crippen LogP contribution in [0.4, 0.5) is 5.82 Å². The minimum absolute atomic E-state index is 0.134. The average Bonchev–Trinajstić information content (AvgIpc) is 4.11. The fourth-order valence-electron chi connectivity index (χ4n) is 9.50. The lowest BCUT2D eigenvalue weighted by molar-refractivity contribution is -0.652. The number of piperidine rings is 1. The molecule has 11 rings (SSSR count). The van der Waals surface area contributed by atoms with Crippen LogP contribution in [0.3, 0.4) is 0 Å². The van der Waals surface area contributed by atoms with Gasteiger partial charge in [-0.3, -0.25) is 5.10 Å². The van der Waals surface area contributed by atoms with Crippen molar-refractivity contribution in [3.05, 3.63) is 67.3 Å². The smallest absolute Gasteiger partial charge is 0.247 e. The minimum Gasteiger partial charge on any atom is -0.473 e. The van der Waals surface area contributed by atoms with Crippen LogP contribution in [-0.2, 0) is 14.1 Å². The first-order valence-corrected chi connectivity index (χ1v) is 20.8. The Morgan fingerprint density at radius 3 is 2.22 bits per heavy atom. The van der Waals surface area contributed by atoms with Crippen molar-refractivity contribution in [1.82, 2.24) is 71.0 Å². The van der Waals surface area contributed by atoms with Crippen molar-refractivity contribution in [1.29, 1.82) is 0 Å². The first-order valence-electron chi connectivity index (χ1n) is 20.8. The molecule has 1 unspecified atom stereocenters. The summed E-state index contributed by atoms with van der Waals surface area (Å²) in [5.74, 6) is 1.25. The number of hydrogen-bond acceptors (Lipinski definition) is 13. The molecule has 0 amide bonds. The van der Waals surface area contributed by atoms with Crippen LogP contribution in [0, 0.1) is 0 Å². The predicted molar refractivity (Wildman–Crippen MR) is 224 cm³/mol. The number of aryl methyl sites for hydroxylation is 2. The van der Waals surface area contributed by atoms with Crippen LogP contribution in [0.2, 0.25) is 0 Å². The SMILES string of the molecule is Cn1ncc(-c2ccc(-c3ccc(OC4C[C@H]5CC[C@@H](C4)N5)nn3)c3[nH][n+](-c4cc(-c5cnn(C)n5)c5cn[nH]c5c4-c4ccc(N[C@@H]5CCCC[C@H](N)C5)nn4)cc23)n1. The van der Waals surface area contributed by atoms with E-state index in [2.05, 4.69) is 69.8 Å². The number of hydrogen-bond donors (Lipinski definition) is 5. The highest BCUT2D eigenvalue weighted by atomic mass is 16.5. The second-order valence-electron chi connectivity index (χ2n) is 16.5. The Morgan fingerprint density at radius 2 is 1.48 bits per heavy atom. The molecule has 2 aliphatic heterocycles. The van der Waals surface area contributed by atoms with Crippen LogP contribution < -0.4 is 25.8 Å². The van der Waals surface area contributed by atoms with Crippen LogP contribution in [0.25, 0.3) is 72.5 Å². The van der Waals surface area contributed by atoms with Gasteiger partial charge in [0, 0.05) is 72.5 Å². The van der Waals surface area contributed by atoms with E-state index in [0.29, 0.717) is 40.9 Å². The number of aromatic amines is 2. The zero-order valence-electron chi connectivity index (χ0n) is 33.5. The van der Waals surface area contributed by atoms with E-state index in [1.807, 2.05) is 48.3 Å². The fraction of sp³-hybridized carbons (Fsp3) is 0.381. The molecule has 18 nitrogen and oxygen atoms in total. The van der Waals surface area contributed by atoms with Crippen molar-refractivity contribution in [2.75, 3.05) is 5.32 Å². The van der Waals surface area contributed by atoms with Gasteiger partial charge >= 0.3 is 0 Å². The lowest BCUT2D eigenvalue weighted by Gasteiger charge is -2.28. The summed E-state index contributed by atoms with van der Waals surface area (Å²) in [7, 11) is 3.62. The number of nitrogens with zero attached hydrogens (tertiary/aromatic N) is 12. The molecule has 3 fully saturated rings. The van der Waals surface area contributed by atoms with Gasteiger partial charge in [0.15, 0.2) is 0 Å². The third-order valence-corrected chi connectivity index (χ3v) is 12.3. The Kier molecular flexibility index (Phi) is 9.02. The summed E-state index contributed by atoms with van der Waals surface area (Å²) in [5, 5.41) is 57.5. The molecule has 304 valence electrons. The van der Waals surface area contributed by atoms with Gasteiger partial charge in [0.1, 0.15) is 40.1 Å². The maximum absolute atomic E-state index is 6.39. The van der Waals surface area contributed by atoms with E-state index in [9.17, 15) is 0 Å². The Morgan fingerprint density at radius 1 is 0.733 bits per heavy atom. The summed E-state index contributed by atoms with van der Waals surface area (Å²) >= 11 is 0. The van der Waals surface area contributed by atoms with Gasteiger partial charge in [-0.15, -0.1) is 20.4 Å². The number of nitrogens with one attached hydrogen (secondary N) is 4. The highest BCUT2D eigenvalue weighted by molar-refractivity contribution is 6.05. The van der Waals surface area contributed by atoms with Gasteiger partial charge in [-0.2, -0.15) is 40.2 Å². The lowest BCUT2D eigenvalue weighted by atomic mass is 9.99. The average molecular weight is 805 g/mol. The van der Waals surface area contributed by atoms with Gasteiger partial charge in [-0.05, 0) is 69.2 Å². The molecule has 0 radical (unpaired) electrons. The molecule has 8 heterocycles. The fourth-order valence-corrected chi connectivity index (χ4v) is 9.50. The van der Waals surface area contributed by atoms with Gasteiger partial charge in [-0.1, -0.05) is 23.6 Å². The van der Waals surface area contributed by atoms with Crippen LogP contribution in [-0.4, -0.2) is 95.9 Å². The predicted octanol–water partition coefficient (Wildman–Crippen LogP) is 4.56. The van der Waals surface area contributed by atoms with E-state index in [0.717, 1.165) is 100 Å². The molecule has 8 aromatic rings. The molecule has 60 heavy (non-hydrogen) atoms. The van der Waals surface area contributed by atoms with Crippen LogP contribution in [0.1, 0.15) is 57.8 Å². The van der Waals surface area contributed by atoms with Crippen molar-refractivity contribution in [3.8, 4) is 56.6 Å². The molecular formula is C42H46N17O+. The number of benzene rings is 2. The van der Waals surface area contributed by atoms with E-state index in [1.165, 1.54) is 12.8 Å². The summed E-state index contributed by atoms with van der Waals surface area (Å²) in [6, 6.07) is 15.6. The molecule has 6 N–H and O–H groups in total. The van der Waals surface area contributed by atoms with Gasteiger partial charge in [0.2, 0.25) is 17.8 Å². The summed E-state index contributed by atoms with van der Waals surface area (Å²) in [5.41, 5.74) is 15.0. The number of ether oxygens (including phenoxy) is 1. The third kappa shape index (κ3) is 6.80. The molecule has 1 aliphatic carbocycles. The molecule has 18 heteroatoms. The monoisotopic (exact) mass is 804 g/mol. The number of H-pyrrole nitrogens is 2. The topological polar surface area (TPSA) is 221 Å². The Balaban J connectivity index is 1.03. The van der Waals surface area contributed by atoms with E-state index < -0.39 is 0 Å². The van der Waals surface area contributed by atoms with Gasteiger partial charge in [-0.25, -0.2) is 0 Å². The molecular weight excluding hydrogens is 759 g/mol. The molecule has 2 aromatic carbocycles. The van der Waals surface area contributed by atoms with Crippen molar-refractivity contribution in [2.45, 2.75) is 88.1 Å². The second-order valence-corrected chi connectivity index (χ2v) is 16.5. The quantitative estimate of drug-likeness (QED) is 0.0999. The number of anilines is 1. The van der Waals surface area contributed by atoms with Crippen LogP contribution in [0.5, 0.6) is 5.88 Å². The lowest BCUT2D eigenvalue weighted by Crippen LogP contribution is -2.42. The van der Waals surface area contributed by atoms with Gasteiger partial charge in [0.25, 0.3) is 0 Å². The molecule has 2 bridgehead atoms. The number of rotatable bonds is 9. The number of nitrogens with two attached hydrogens (primary N) is 1. The Hall–Kier alpha value is -6.66. The normalized spacial score (nSPS) is 21.8. The highest BCUT2D eigenvalue weighted by Gasteiger charge is 2.35. The maximum Gasteiger partial charge on any atom is 0.247 e. The second kappa shape index (κ2) is 14.9. The zero-order valence-corrected chi connectivity index (χ0v) is 33.5. The summed E-state index contributed by atoms with van der Waals surface area (Å²) < 4.78 is 8.36. The van der Waals surface area contributed by atoms with Crippen LogP contribution >= 0.6 is 0 Å². The van der Waals surface area contributed by atoms with E-state index in [-0.39, 0.29) is 18.2 Å². The molecule has 0 spiro atoms.